The minimum Gasteiger partial charge on any atom is -0.383 e. The summed E-state index contributed by atoms with van der Waals surface area (Å²) in [5, 5.41) is 0. The van der Waals surface area contributed by atoms with Crippen LogP contribution in [0.15, 0.2) is 17.2 Å². The molecule has 0 aromatic carbocycles. The second kappa shape index (κ2) is 8.77. The van der Waals surface area contributed by atoms with Crippen molar-refractivity contribution in [2.75, 3.05) is 18.8 Å². The predicted octanol–water partition coefficient (Wildman–Crippen LogP) is 3.43. The summed E-state index contributed by atoms with van der Waals surface area (Å²) in [5.74, 6) is 0.396. The number of anilines is 1. The lowest BCUT2D eigenvalue weighted by Gasteiger charge is -2.48. The number of nitrogens with two attached hydrogens (primary N) is 1. The van der Waals surface area contributed by atoms with Crippen LogP contribution in [0.3, 0.4) is 0 Å². The molecule has 0 saturated carbocycles. The molecule has 3 rings (SSSR count). The molecule has 0 amide bonds. The number of likely N-dealkylation sites (tertiary alicyclic amines) is 1. The Hall–Kier alpha value is -2.54. The fraction of sp³-hybridized carbons (Fsp3) is 0.600. The van der Waals surface area contributed by atoms with Gasteiger partial charge in [-0.1, -0.05) is 0 Å². The van der Waals surface area contributed by atoms with Gasteiger partial charge in [0, 0.05) is 35.8 Å². The van der Waals surface area contributed by atoms with Crippen LogP contribution >= 0.6 is 0 Å². The van der Waals surface area contributed by atoms with Crippen LogP contribution < -0.4 is 11.3 Å². The third-order valence-corrected chi connectivity index (χ3v) is 6.82. The molecule has 3 heterocycles. The molecular weight excluding hydrogens is 402 g/mol. The maximum Gasteiger partial charge on any atom is 0.254 e. The van der Waals surface area contributed by atoms with Crippen molar-refractivity contribution in [3.8, 4) is 0 Å². The molecule has 1 aliphatic heterocycles. The van der Waals surface area contributed by atoms with E-state index in [0.717, 1.165) is 42.8 Å². The van der Waals surface area contributed by atoms with Crippen LogP contribution in [-0.2, 0) is 18.4 Å². The number of aryl methyl sites for hydroxylation is 3. The Morgan fingerprint density at radius 2 is 1.91 bits per heavy atom. The highest BCUT2D eigenvalue weighted by Gasteiger charge is 2.39. The zero-order valence-electron chi connectivity index (χ0n) is 20.6. The number of carbonyl (C=O) groups excluding carboxylic acids is 1. The number of ketones is 1. The Labute approximate surface area is 191 Å². The maximum atomic E-state index is 13.8. The van der Waals surface area contributed by atoms with Crippen molar-refractivity contribution in [2.24, 2.45) is 0 Å². The summed E-state index contributed by atoms with van der Waals surface area (Å²) in [4.78, 5) is 37.3. The van der Waals surface area contributed by atoms with E-state index in [9.17, 15) is 9.59 Å². The molecule has 1 aliphatic rings. The van der Waals surface area contributed by atoms with E-state index in [1.165, 1.54) is 6.33 Å². The predicted molar refractivity (Wildman–Crippen MR) is 128 cm³/mol. The fourth-order valence-electron chi connectivity index (χ4n) is 4.92. The highest BCUT2D eigenvalue weighted by Crippen LogP contribution is 2.33. The molecular formula is C25H37N5O2. The van der Waals surface area contributed by atoms with Crippen molar-refractivity contribution >= 4 is 11.6 Å². The van der Waals surface area contributed by atoms with E-state index >= 15 is 0 Å². The Bertz CT molecular complexity index is 1080. The number of rotatable bonds is 5. The van der Waals surface area contributed by atoms with Gasteiger partial charge in [0.2, 0.25) is 0 Å². The van der Waals surface area contributed by atoms with Crippen LogP contribution in [0.2, 0.25) is 0 Å². The normalized spacial score (nSPS) is 19.8. The Balaban J connectivity index is 2.07. The first-order chi connectivity index (χ1) is 14.8. The Morgan fingerprint density at radius 3 is 2.53 bits per heavy atom. The van der Waals surface area contributed by atoms with E-state index in [1.807, 2.05) is 19.9 Å². The van der Waals surface area contributed by atoms with Crippen molar-refractivity contribution in [1.29, 1.82) is 0 Å². The van der Waals surface area contributed by atoms with E-state index in [-0.39, 0.29) is 16.9 Å². The summed E-state index contributed by atoms with van der Waals surface area (Å²) >= 11 is 0. The molecule has 0 radical (unpaired) electrons. The minimum atomic E-state index is -0.445. The molecule has 1 saturated heterocycles. The summed E-state index contributed by atoms with van der Waals surface area (Å²) in [6.07, 6.45) is 4.44. The molecule has 7 nitrogen and oxygen atoms in total. The minimum absolute atomic E-state index is 0.00119. The molecule has 32 heavy (non-hydrogen) atoms. The average molecular weight is 440 g/mol. The molecule has 2 aromatic heterocycles. The highest BCUT2D eigenvalue weighted by atomic mass is 16.1. The van der Waals surface area contributed by atoms with Gasteiger partial charge < -0.3 is 5.73 Å². The van der Waals surface area contributed by atoms with Crippen molar-refractivity contribution in [2.45, 2.75) is 85.2 Å². The second-order valence-corrected chi connectivity index (χ2v) is 10.4. The summed E-state index contributed by atoms with van der Waals surface area (Å²) < 4.78 is 1.80. The van der Waals surface area contributed by atoms with Gasteiger partial charge in [-0.15, -0.1) is 0 Å². The molecule has 2 N–H and O–H groups in total. The first-order valence-electron chi connectivity index (χ1n) is 11.4. The molecule has 1 unspecified atom stereocenters. The van der Waals surface area contributed by atoms with Crippen LogP contribution in [0.5, 0.6) is 0 Å². The number of pyridine rings is 1. The van der Waals surface area contributed by atoms with E-state index in [1.54, 1.807) is 11.5 Å². The monoisotopic (exact) mass is 439 g/mol. The highest BCUT2D eigenvalue weighted by molar-refractivity contribution is 5.94. The van der Waals surface area contributed by atoms with E-state index in [2.05, 4.69) is 42.6 Å². The molecule has 174 valence electrons. The third kappa shape index (κ3) is 4.63. The van der Waals surface area contributed by atoms with Gasteiger partial charge in [0.15, 0.2) is 5.78 Å². The van der Waals surface area contributed by atoms with Crippen molar-refractivity contribution < 1.29 is 4.79 Å². The Morgan fingerprint density at radius 1 is 1.22 bits per heavy atom. The fourth-order valence-corrected chi connectivity index (χ4v) is 4.92. The van der Waals surface area contributed by atoms with Gasteiger partial charge >= 0.3 is 0 Å². The number of piperidine rings is 1. The lowest BCUT2D eigenvalue weighted by molar-refractivity contribution is 0.0368. The summed E-state index contributed by atoms with van der Waals surface area (Å²) in [7, 11) is 0. The summed E-state index contributed by atoms with van der Waals surface area (Å²) in [5.41, 5.74) is 9.19. The number of Topliss-reactive ketones (excluding diaryl/α,β-unsaturated/α-hetero) is 1. The zero-order chi connectivity index (χ0) is 23.8. The van der Waals surface area contributed by atoms with Gasteiger partial charge in [0.05, 0.1) is 11.2 Å². The second-order valence-electron chi connectivity index (χ2n) is 10.4. The molecule has 1 atom stereocenters. The number of hydrogen-bond donors (Lipinski definition) is 1. The first-order valence-corrected chi connectivity index (χ1v) is 11.4. The van der Waals surface area contributed by atoms with Crippen LogP contribution in [0.25, 0.3) is 0 Å². The molecule has 7 heteroatoms. The first kappa shape index (κ1) is 24.1. The number of hydrogen-bond acceptors (Lipinski definition) is 6. The molecule has 0 bridgehead atoms. The largest absolute Gasteiger partial charge is 0.383 e. The smallest absolute Gasteiger partial charge is 0.254 e. The van der Waals surface area contributed by atoms with E-state index in [0.29, 0.717) is 29.9 Å². The van der Waals surface area contributed by atoms with Gasteiger partial charge in [-0.3, -0.25) is 19.1 Å². The van der Waals surface area contributed by atoms with Gasteiger partial charge in [0.1, 0.15) is 12.1 Å². The van der Waals surface area contributed by atoms with Crippen molar-refractivity contribution in [3.63, 3.8) is 0 Å². The van der Waals surface area contributed by atoms with Gasteiger partial charge in [-0.2, -0.15) is 0 Å². The van der Waals surface area contributed by atoms with E-state index in [4.69, 9.17) is 5.73 Å². The number of nitrogens with zero attached hydrogens (tertiary/aromatic N) is 4. The molecule has 2 aromatic rings. The number of aromatic nitrogens is 3. The molecule has 0 spiro atoms. The lowest BCUT2D eigenvalue weighted by Crippen LogP contribution is -2.57. The summed E-state index contributed by atoms with van der Waals surface area (Å²) in [6.45, 7) is 15.8. The SMILES string of the molecule is CC(=O)c1c(C)cc(CCc2ncnc(N)c2C)c(=O)n1C1(C)CCCN(C(C)(C)C)C1. The van der Waals surface area contributed by atoms with Crippen LogP contribution in [0, 0.1) is 13.8 Å². The topological polar surface area (TPSA) is 94.1 Å². The third-order valence-electron chi connectivity index (χ3n) is 6.82. The van der Waals surface area contributed by atoms with Crippen LogP contribution in [-0.4, -0.2) is 43.8 Å². The van der Waals surface area contributed by atoms with Crippen LogP contribution in [0.4, 0.5) is 5.82 Å². The van der Waals surface area contributed by atoms with Gasteiger partial charge in [0.25, 0.3) is 5.56 Å². The lowest BCUT2D eigenvalue weighted by atomic mass is 9.86. The summed E-state index contributed by atoms with van der Waals surface area (Å²) in [6, 6.07) is 1.88. The number of nitrogen functional groups attached to an aromatic ring is 1. The van der Waals surface area contributed by atoms with Crippen molar-refractivity contribution in [3.05, 3.63) is 50.8 Å². The average Bonchev–Trinajstić information content (AvgIpc) is 2.69. The Kier molecular flexibility index (Phi) is 6.61. The molecule has 1 fully saturated rings. The van der Waals surface area contributed by atoms with E-state index < -0.39 is 5.54 Å². The van der Waals surface area contributed by atoms with Crippen LogP contribution in [0.1, 0.15) is 80.3 Å². The van der Waals surface area contributed by atoms with Gasteiger partial charge in [-0.25, -0.2) is 9.97 Å². The molecule has 0 aliphatic carbocycles. The maximum absolute atomic E-state index is 13.8. The number of carbonyl (C=O) groups is 1. The zero-order valence-corrected chi connectivity index (χ0v) is 20.6. The van der Waals surface area contributed by atoms with Gasteiger partial charge in [-0.05, 0) is 85.4 Å². The standard InChI is InChI=1S/C25H37N5O2/c1-16-13-19(9-10-20-17(2)22(26)28-15-27-20)23(32)30(21(16)18(3)31)25(7)11-8-12-29(14-25)24(4,5)6/h13,15H,8-12,14H2,1-7H3,(H2,26,27,28). The van der Waals surface area contributed by atoms with Crippen molar-refractivity contribution in [1.82, 2.24) is 19.4 Å². The quantitative estimate of drug-likeness (QED) is 0.717.